The van der Waals surface area contributed by atoms with E-state index in [1.807, 2.05) is 42.1 Å². The van der Waals surface area contributed by atoms with Crippen molar-refractivity contribution in [1.82, 2.24) is 9.47 Å². The minimum absolute atomic E-state index is 0.0429. The van der Waals surface area contributed by atoms with Gasteiger partial charge in [-0.05, 0) is 24.3 Å². The summed E-state index contributed by atoms with van der Waals surface area (Å²) in [5.41, 5.74) is 2.15. The molecule has 1 N–H and O–H groups in total. The number of methoxy groups -OCH3 is 1. The van der Waals surface area contributed by atoms with E-state index in [-0.39, 0.29) is 31.3 Å². The maximum absolute atomic E-state index is 13.1. The summed E-state index contributed by atoms with van der Waals surface area (Å²) in [6, 6.07) is 11.9. The molecule has 32 heavy (non-hydrogen) atoms. The Balaban J connectivity index is 1.71. The van der Waals surface area contributed by atoms with Crippen LogP contribution in [0.25, 0.3) is 16.7 Å². The Kier molecular flexibility index (Phi) is 4.86. The molecule has 0 bridgehead atoms. The molecule has 0 saturated carbocycles. The topological polar surface area (TPSA) is 90.2 Å². The predicted octanol–water partition coefficient (Wildman–Crippen LogP) is 2.98. The van der Waals surface area contributed by atoms with Crippen LogP contribution in [0.5, 0.6) is 11.5 Å². The largest absolute Gasteiger partial charge is 0.507 e. The third-order valence-electron chi connectivity index (χ3n) is 5.94. The van der Waals surface area contributed by atoms with E-state index in [0.29, 0.717) is 17.1 Å². The lowest BCUT2D eigenvalue weighted by Gasteiger charge is -2.24. The van der Waals surface area contributed by atoms with E-state index < -0.39 is 17.7 Å². The highest BCUT2D eigenvalue weighted by atomic mass is 16.7. The highest BCUT2D eigenvalue weighted by Gasteiger charge is 2.46. The minimum atomic E-state index is -0.748. The normalized spacial score (nSPS) is 19.3. The molecule has 2 aliphatic rings. The van der Waals surface area contributed by atoms with Crippen LogP contribution in [0.15, 0.2) is 54.2 Å². The molecule has 5 rings (SSSR count). The number of Topliss-reactive ketones (excluding diaryl/α,β-unsaturated/α-hetero) is 1. The van der Waals surface area contributed by atoms with Crippen molar-refractivity contribution in [3.05, 3.63) is 65.4 Å². The fourth-order valence-electron chi connectivity index (χ4n) is 4.41. The third-order valence-corrected chi connectivity index (χ3v) is 5.94. The molecular formula is C24H22N2O6. The number of aryl methyl sites for hydroxylation is 1. The van der Waals surface area contributed by atoms with Crippen LogP contribution in [-0.2, 0) is 21.4 Å². The number of ether oxygens (including phenoxy) is 3. The van der Waals surface area contributed by atoms with Gasteiger partial charge < -0.3 is 28.8 Å². The summed E-state index contributed by atoms with van der Waals surface area (Å²) in [6.45, 7) is 0.572. The van der Waals surface area contributed by atoms with E-state index in [0.717, 1.165) is 16.5 Å². The SMILES string of the molecule is COCCN1C(=O)C(=O)/C(=C(/O)c2ccc3c(c2)OCO3)C1c1cn(C)c2ccccc12. The van der Waals surface area contributed by atoms with Crippen LogP contribution in [0.2, 0.25) is 0 Å². The Hall–Kier alpha value is -3.78. The quantitative estimate of drug-likeness (QED) is 0.377. The van der Waals surface area contributed by atoms with Gasteiger partial charge in [0.15, 0.2) is 11.5 Å². The number of hydrogen-bond acceptors (Lipinski definition) is 6. The van der Waals surface area contributed by atoms with E-state index in [1.54, 1.807) is 18.2 Å². The van der Waals surface area contributed by atoms with Gasteiger partial charge in [-0.1, -0.05) is 18.2 Å². The van der Waals surface area contributed by atoms with E-state index >= 15 is 0 Å². The van der Waals surface area contributed by atoms with Crippen molar-refractivity contribution in [1.29, 1.82) is 0 Å². The lowest BCUT2D eigenvalue weighted by molar-refractivity contribution is -0.140. The van der Waals surface area contributed by atoms with Crippen molar-refractivity contribution in [2.24, 2.45) is 7.05 Å². The van der Waals surface area contributed by atoms with Crippen LogP contribution < -0.4 is 9.47 Å². The van der Waals surface area contributed by atoms with Gasteiger partial charge >= 0.3 is 0 Å². The van der Waals surface area contributed by atoms with Gasteiger partial charge in [-0.2, -0.15) is 0 Å². The highest BCUT2D eigenvalue weighted by Crippen LogP contribution is 2.43. The molecule has 164 valence electrons. The van der Waals surface area contributed by atoms with E-state index in [2.05, 4.69) is 0 Å². The van der Waals surface area contributed by atoms with Gasteiger partial charge in [0.2, 0.25) is 6.79 Å². The number of carbonyl (C=O) groups is 2. The Morgan fingerprint density at radius 3 is 2.75 bits per heavy atom. The van der Waals surface area contributed by atoms with E-state index in [1.165, 1.54) is 12.0 Å². The summed E-state index contributed by atoms with van der Waals surface area (Å²) in [5.74, 6) is -0.604. The molecular weight excluding hydrogens is 412 g/mol. The van der Waals surface area contributed by atoms with Crippen LogP contribution in [0.1, 0.15) is 17.2 Å². The van der Waals surface area contributed by atoms with Gasteiger partial charge in [-0.25, -0.2) is 0 Å². The molecule has 0 spiro atoms. The number of fused-ring (bicyclic) bond motifs is 2. The standard InChI is InChI=1S/C24H22N2O6/c1-25-12-16(15-5-3-4-6-17(15)25)21-20(23(28)24(29)26(21)9-10-30-2)22(27)14-7-8-18-19(11-14)32-13-31-18/h3-8,11-12,21,27H,9-10,13H2,1-2H3/b22-20+. The maximum Gasteiger partial charge on any atom is 0.295 e. The summed E-state index contributed by atoms with van der Waals surface area (Å²) >= 11 is 0. The number of likely N-dealkylation sites (tertiary alicyclic amines) is 1. The van der Waals surface area contributed by atoms with Crippen molar-refractivity contribution < 1.29 is 28.9 Å². The van der Waals surface area contributed by atoms with Crippen LogP contribution in [-0.4, -0.2) is 53.3 Å². The van der Waals surface area contributed by atoms with Crippen molar-refractivity contribution in [3.63, 3.8) is 0 Å². The van der Waals surface area contributed by atoms with Crippen LogP contribution in [0, 0.1) is 0 Å². The lowest BCUT2D eigenvalue weighted by atomic mass is 9.95. The van der Waals surface area contributed by atoms with Crippen LogP contribution >= 0.6 is 0 Å². The Bertz CT molecular complexity index is 1270. The molecule has 1 fully saturated rings. The lowest BCUT2D eigenvalue weighted by Crippen LogP contribution is -2.32. The number of para-hydroxylation sites is 1. The summed E-state index contributed by atoms with van der Waals surface area (Å²) in [4.78, 5) is 27.6. The Labute approximate surface area is 184 Å². The van der Waals surface area contributed by atoms with Gasteiger partial charge in [-0.3, -0.25) is 9.59 Å². The fraction of sp³-hybridized carbons (Fsp3) is 0.250. The highest BCUT2D eigenvalue weighted by molar-refractivity contribution is 6.46. The average molecular weight is 434 g/mol. The van der Waals surface area contributed by atoms with Crippen molar-refractivity contribution >= 4 is 28.4 Å². The number of nitrogens with zero attached hydrogens (tertiary/aromatic N) is 2. The Morgan fingerprint density at radius 1 is 1.16 bits per heavy atom. The summed E-state index contributed by atoms with van der Waals surface area (Å²) in [5, 5.41) is 12.1. The second-order valence-corrected chi connectivity index (χ2v) is 7.77. The van der Waals surface area contributed by atoms with Gasteiger partial charge in [0.1, 0.15) is 5.76 Å². The number of ketones is 1. The van der Waals surface area contributed by atoms with Crippen LogP contribution in [0.4, 0.5) is 0 Å². The van der Waals surface area contributed by atoms with Gasteiger partial charge in [-0.15, -0.1) is 0 Å². The molecule has 3 aromatic rings. The number of aromatic nitrogens is 1. The number of aliphatic hydroxyl groups is 1. The maximum atomic E-state index is 13.1. The van der Waals surface area contributed by atoms with Gasteiger partial charge in [0.05, 0.1) is 18.2 Å². The number of amides is 1. The summed E-state index contributed by atoms with van der Waals surface area (Å²) in [6.07, 6.45) is 1.90. The molecule has 0 aliphatic carbocycles. The molecule has 8 nitrogen and oxygen atoms in total. The fourth-order valence-corrected chi connectivity index (χ4v) is 4.41. The average Bonchev–Trinajstić information content (AvgIpc) is 3.47. The number of carbonyl (C=O) groups excluding carboxylic acids is 2. The van der Waals surface area contributed by atoms with Crippen LogP contribution in [0.3, 0.4) is 0 Å². The zero-order valence-corrected chi connectivity index (χ0v) is 17.7. The molecule has 3 heterocycles. The second-order valence-electron chi connectivity index (χ2n) is 7.77. The Morgan fingerprint density at radius 2 is 1.94 bits per heavy atom. The van der Waals surface area contributed by atoms with Gasteiger partial charge in [0, 0.05) is 48.9 Å². The molecule has 1 unspecified atom stereocenters. The molecule has 1 aromatic heterocycles. The first-order chi connectivity index (χ1) is 15.5. The van der Waals surface area contributed by atoms with E-state index in [4.69, 9.17) is 14.2 Å². The van der Waals surface area contributed by atoms with Crippen molar-refractivity contribution in [2.45, 2.75) is 6.04 Å². The smallest absolute Gasteiger partial charge is 0.295 e. The van der Waals surface area contributed by atoms with E-state index in [9.17, 15) is 14.7 Å². The third kappa shape index (κ3) is 3.03. The molecule has 1 saturated heterocycles. The summed E-state index contributed by atoms with van der Waals surface area (Å²) < 4.78 is 17.9. The second kappa shape index (κ2) is 7.72. The first-order valence-electron chi connectivity index (χ1n) is 10.2. The van der Waals surface area contributed by atoms with Gasteiger partial charge in [0.25, 0.3) is 11.7 Å². The number of aliphatic hydroxyl groups excluding tert-OH is 1. The van der Waals surface area contributed by atoms with Crippen molar-refractivity contribution in [3.8, 4) is 11.5 Å². The number of rotatable bonds is 5. The molecule has 2 aliphatic heterocycles. The molecule has 1 atom stereocenters. The predicted molar refractivity (Wildman–Crippen MR) is 116 cm³/mol. The van der Waals surface area contributed by atoms with Crippen molar-refractivity contribution in [2.75, 3.05) is 27.1 Å². The first kappa shape index (κ1) is 20.1. The first-order valence-corrected chi connectivity index (χ1v) is 10.2. The molecule has 1 amide bonds. The minimum Gasteiger partial charge on any atom is -0.507 e. The summed E-state index contributed by atoms with van der Waals surface area (Å²) in [7, 11) is 3.45. The number of benzene rings is 2. The molecule has 8 heteroatoms. The molecule has 0 radical (unpaired) electrons. The zero-order valence-electron chi connectivity index (χ0n) is 17.7. The monoisotopic (exact) mass is 434 g/mol. The number of hydrogen-bond donors (Lipinski definition) is 1. The molecule has 2 aromatic carbocycles. The zero-order chi connectivity index (χ0) is 22.4.